The van der Waals surface area contributed by atoms with Crippen molar-refractivity contribution in [1.29, 1.82) is 0 Å². The summed E-state index contributed by atoms with van der Waals surface area (Å²) in [7, 11) is 2.13. The first-order valence-corrected chi connectivity index (χ1v) is 7.92. The third kappa shape index (κ3) is 3.21. The van der Waals surface area contributed by atoms with Crippen LogP contribution in [0.5, 0.6) is 0 Å². The molecule has 4 nitrogen and oxygen atoms in total. The van der Waals surface area contributed by atoms with Crippen LogP contribution in [0.1, 0.15) is 36.8 Å². The Balaban J connectivity index is 1.74. The van der Waals surface area contributed by atoms with E-state index in [-0.39, 0.29) is 6.54 Å². The molecule has 21 heavy (non-hydrogen) atoms. The molecule has 1 aliphatic carbocycles. The van der Waals surface area contributed by atoms with Gasteiger partial charge >= 0.3 is 5.97 Å². The highest BCUT2D eigenvalue weighted by Crippen LogP contribution is 2.29. The molecule has 1 aromatic carbocycles. The van der Waals surface area contributed by atoms with Crippen LogP contribution in [0.4, 0.5) is 5.69 Å². The summed E-state index contributed by atoms with van der Waals surface area (Å²) >= 11 is 0. The van der Waals surface area contributed by atoms with Crippen molar-refractivity contribution in [2.45, 2.75) is 44.7 Å². The molecule has 4 heteroatoms. The molecule has 1 saturated carbocycles. The second-order valence-corrected chi connectivity index (χ2v) is 6.37. The number of rotatable bonds is 5. The molecule has 0 aromatic heterocycles. The van der Waals surface area contributed by atoms with Crippen LogP contribution in [0, 0.1) is 0 Å². The largest absolute Gasteiger partial charge is 0.480 e. The summed E-state index contributed by atoms with van der Waals surface area (Å²) < 4.78 is 0. The molecule has 0 radical (unpaired) electrons. The lowest BCUT2D eigenvalue weighted by Gasteiger charge is -2.27. The van der Waals surface area contributed by atoms with Gasteiger partial charge in [-0.1, -0.05) is 25.0 Å². The fraction of sp³-hybridized carbons (Fsp3) is 0.588. The Kier molecular flexibility index (Phi) is 4.15. The molecule has 3 rings (SSSR count). The molecule has 0 bridgehead atoms. The number of benzene rings is 1. The topological polar surface area (TPSA) is 43.8 Å². The number of hydrogen-bond acceptors (Lipinski definition) is 3. The smallest absolute Gasteiger partial charge is 0.317 e. The van der Waals surface area contributed by atoms with Crippen molar-refractivity contribution < 1.29 is 9.90 Å². The number of fused-ring (bicyclic) bond motifs is 1. The number of likely N-dealkylation sites (N-methyl/N-ethyl adjacent to an activating group) is 1. The Labute approximate surface area is 126 Å². The van der Waals surface area contributed by atoms with Gasteiger partial charge in [0.1, 0.15) is 0 Å². The molecule has 0 atom stereocenters. The average molecular weight is 288 g/mol. The lowest BCUT2D eigenvalue weighted by Crippen LogP contribution is -2.37. The molecular formula is C17H24N2O2. The van der Waals surface area contributed by atoms with Gasteiger partial charge in [0.25, 0.3) is 0 Å². The Bertz CT molecular complexity index is 524. The zero-order chi connectivity index (χ0) is 14.8. The molecule has 114 valence electrons. The quantitative estimate of drug-likeness (QED) is 0.904. The van der Waals surface area contributed by atoms with E-state index in [1.54, 1.807) is 0 Å². The summed E-state index contributed by atoms with van der Waals surface area (Å²) in [5.74, 6) is -0.720. The fourth-order valence-electron chi connectivity index (χ4n) is 3.71. The first-order chi connectivity index (χ1) is 10.1. The predicted molar refractivity (Wildman–Crippen MR) is 83.7 cm³/mol. The zero-order valence-electron chi connectivity index (χ0n) is 12.7. The number of carboxylic acids is 1. The lowest BCUT2D eigenvalue weighted by molar-refractivity contribution is -0.139. The van der Waals surface area contributed by atoms with Crippen LogP contribution in [0.3, 0.4) is 0 Å². The highest BCUT2D eigenvalue weighted by atomic mass is 16.4. The van der Waals surface area contributed by atoms with E-state index in [4.69, 9.17) is 5.11 Å². The van der Waals surface area contributed by atoms with E-state index < -0.39 is 5.97 Å². The van der Waals surface area contributed by atoms with Crippen LogP contribution < -0.4 is 4.90 Å². The van der Waals surface area contributed by atoms with Crippen LogP contribution >= 0.6 is 0 Å². The normalized spacial score (nSPS) is 18.5. The van der Waals surface area contributed by atoms with Gasteiger partial charge in [0.15, 0.2) is 0 Å². The second kappa shape index (κ2) is 6.06. The summed E-state index contributed by atoms with van der Waals surface area (Å²) in [5, 5.41) is 9.16. The highest BCUT2D eigenvalue weighted by Gasteiger charge is 2.25. The number of carbonyl (C=O) groups is 1. The van der Waals surface area contributed by atoms with Crippen molar-refractivity contribution in [1.82, 2.24) is 4.90 Å². The van der Waals surface area contributed by atoms with E-state index in [1.165, 1.54) is 29.7 Å². The van der Waals surface area contributed by atoms with E-state index in [0.29, 0.717) is 6.04 Å². The molecule has 1 fully saturated rings. The summed E-state index contributed by atoms with van der Waals surface area (Å²) in [5.41, 5.74) is 3.97. The van der Waals surface area contributed by atoms with Gasteiger partial charge in [0.2, 0.25) is 0 Å². The van der Waals surface area contributed by atoms with Crippen molar-refractivity contribution in [3.63, 3.8) is 0 Å². The van der Waals surface area contributed by atoms with E-state index in [2.05, 4.69) is 35.0 Å². The van der Waals surface area contributed by atoms with E-state index >= 15 is 0 Å². The number of aliphatic carboxylic acids is 1. The van der Waals surface area contributed by atoms with Gasteiger partial charge in [-0.15, -0.1) is 0 Å². The Morgan fingerprint density at radius 1 is 1.38 bits per heavy atom. The molecule has 2 aliphatic rings. The number of anilines is 1. The second-order valence-electron chi connectivity index (χ2n) is 6.37. The molecule has 1 heterocycles. The van der Waals surface area contributed by atoms with Crippen molar-refractivity contribution in [3.8, 4) is 0 Å². The van der Waals surface area contributed by atoms with Gasteiger partial charge in [-0.2, -0.15) is 0 Å². The molecule has 1 aliphatic heterocycles. The van der Waals surface area contributed by atoms with Gasteiger partial charge < -0.3 is 10.0 Å². The minimum Gasteiger partial charge on any atom is -0.480 e. The molecular weight excluding hydrogens is 264 g/mol. The SMILES string of the molecule is CN1CCc2cc(CN(CC(=O)O)C3CCCC3)ccc21. The maximum absolute atomic E-state index is 11.1. The van der Waals surface area contributed by atoms with Crippen LogP contribution in [0.2, 0.25) is 0 Å². The summed E-state index contributed by atoms with van der Waals surface area (Å²) in [6.45, 7) is 2.00. The van der Waals surface area contributed by atoms with E-state index in [9.17, 15) is 4.79 Å². The van der Waals surface area contributed by atoms with E-state index in [0.717, 1.165) is 32.4 Å². The average Bonchev–Trinajstić information content (AvgIpc) is 3.08. The van der Waals surface area contributed by atoms with Crippen molar-refractivity contribution >= 4 is 11.7 Å². The molecule has 0 amide bonds. The number of hydrogen-bond donors (Lipinski definition) is 1. The first-order valence-electron chi connectivity index (χ1n) is 7.92. The molecule has 0 unspecified atom stereocenters. The predicted octanol–water partition coefficient (Wildman–Crippen LogP) is 2.51. The maximum Gasteiger partial charge on any atom is 0.317 e. The van der Waals surface area contributed by atoms with Crippen LogP contribution in [0.25, 0.3) is 0 Å². The number of nitrogens with zero attached hydrogens (tertiary/aromatic N) is 2. The molecule has 0 saturated heterocycles. The van der Waals surface area contributed by atoms with Crippen molar-refractivity contribution in [2.24, 2.45) is 0 Å². The minimum atomic E-state index is -0.720. The molecule has 0 spiro atoms. The zero-order valence-corrected chi connectivity index (χ0v) is 12.7. The van der Waals surface area contributed by atoms with Crippen LogP contribution in [-0.2, 0) is 17.8 Å². The van der Waals surface area contributed by atoms with Crippen LogP contribution in [-0.4, -0.2) is 42.2 Å². The minimum absolute atomic E-state index is 0.154. The molecule has 1 aromatic rings. The Hall–Kier alpha value is -1.55. The maximum atomic E-state index is 11.1. The monoisotopic (exact) mass is 288 g/mol. The number of carboxylic acid groups (broad SMARTS) is 1. The lowest BCUT2D eigenvalue weighted by atomic mass is 10.1. The standard InChI is InChI=1S/C17H24N2O2/c1-18-9-8-14-10-13(6-7-16(14)18)11-19(12-17(20)21)15-4-2-3-5-15/h6-7,10,15H,2-5,8-9,11-12H2,1H3,(H,20,21). The summed E-state index contributed by atoms with van der Waals surface area (Å²) in [6.07, 6.45) is 5.84. The highest BCUT2D eigenvalue weighted by molar-refractivity contribution is 5.69. The first kappa shape index (κ1) is 14.4. The van der Waals surface area contributed by atoms with Crippen molar-refractivity contribution in [3.05, 3.63) is 29.3 Å². The van der Waals surface area contributed by atoms with Gasteiger partial charge in [-0.3, -0.25) is 9.69 Å². The molecule has 1 N–H and O–H groups in total. The van der Waals surface area contributed by atoms with Gasteiger partial charge in [-0.05, 0) is 36.5 Å². The van der Waals surface area contributed by atoms with Gasteiger partial charge in [-0.25, -0.2) is 0 Å². The van der Waals surface area contributed by atoms with Gasteiger partial charge in [0, 0.05) is 31.9 Å². The van der Waals surface area contributed by atoms with Gasteiger partial charge in [0.05, 0.1) is 6.54 Å². The van der Waals surface area contributed by atoms with Crippen molar-refractivity contribution in [2.75, 3.05) is 25.0 Å². The Morgan fingerprint density at radius 2 is 2.14 bits per heavy atom. The summed E-state index contributed by atoms with van der Waals surface area (Å²) in [6, 6.07) is 7.05. The Morgan fingerprint density at radius 3 is 2.86 bits per heavy atom. The van der Waals surface area contributed by atoms with Crippen LogP contribution in [0.15, 0.2) is 18.2 Å². The summed E-state index contributed by atoms with van der Waals surface area (Å²) in [4.78, 5) is 15.6. The fourth-order valence-corrected chi connectivity index (χ4v) is 3.71. The third-order valence-electron chi connectivity index (χ3n) is 4.84. The third-order valence-corrected chi connectivity index (χ3v) is 4.84. The van der Waals surface area contributed by atoms with E-state index in [1.807, 2.05) is 0 Å².